The van der Waals surface area contributed by atoms with Gasteiger partial charge in [0.25, 0.3) is 0 Å². The lowest BCUT2D eigenvalue weighted by atomic mass is 9.97. The number of carboxylic acids is 1. The minimum atomic E-state index is -0.943. The zero-order valence-electron chi connectivity index (χ0n) is 25.8. The highest BCUT2D eigenvalue weighted by Gasteiger charge is 2.22. The number of carbonyl (C=O) groups is 2. The van der Waals surface area contributed by atoms with Gasteiger partial charge in [-0.05, 0) is 32.1 Å². The Bertz CT molecular complexity index is 583. The van der Waals surface area contributed by atoms with Crippen LogP contribution in [0.2, 0.25) is 0 Å². The number of esters is 1. The van der Waals surface area contributed by atoms with Gasteiger partial charge in [0.15, 0.2) is 0 Å². The zero-order valence-corrected chi connectivity index (χ0v) is 25.8. The van der Waals surface area contributed by atoms with Gasteiger partial charge in [-0.25, -0.2) is 0 Å². The van der Waals surface area contributed by atoms with Crippen molar-refractivity contribution < 1.29 is 19.4 Å². The van der Waals surface area contributed by atoms with Crippen LogP contribution < -0.4 is 0 Å². The Kier molecular flexibility index (Phi) is 29.7. The van der Waals surface area contributed by atoms with Crippen LogP contribution in [0.5, 0.6) is 0 Å². The Labute approximate surface area is 242 Å². The van der Waals surface area contributed by atoms with Crippen molar-refractivity contribution in [1.29, 1.82) is 0 Å². The molecular weight excluding hydrogens is 484 g/mol. The van der Waals surface area contributed by atoms with Gasteiger partial charge in [0.05, 0.1) is 12.3 Å². The second-order valence-corrected chi connectivity index (χ2v) is 11.5. The van der Waals surface area contributed by atoms with Gasteiger partial charge in [-0.2, -0.15) is 0 Å². The second-order valence-electron chi connectivity index (χ2n) is 11.5. The van der Waals surface area contributed by atoms with Crippen molar-refractivity contribution in [2.24, 2.45) is 5.92 Å². The molecule has 0 radical (unpaired) electrons. The summed E-state index contributed by atoms with van der Waals surface area (Å²) in [7, 11) is 0. The van der Waals surface area contributed by atoms with Gasteiger partial charge in [0.1, 0.15) is 6.61 Å². The molecule has 0 aromatic carbocycles. The Morgan fingerprint density at radius 1 is 0.641 bits per heavy atom. The highest BCUT2D eigenvalue weighted by atomic mass is 16.5. The van der Waals surface area contributed by atoms with Gasteiger partial charge < -0.3 is 9.84 Å². The molecule has 39 heavy (non-hydrogen) atoms. The van der Waals surface area contributed by atoms with Gasteiger partial charge in [0.2, 0.25) is 0 Å². The van der Waals surface area contributed by atoms with Crippen LogP contribution in [0.25, 0.3) is 0 Å². The van der Waals surface area contributed by atoms with Crippen LogP contribution in [-0.4, -0.2) is 23.7 Å². The third-order valence-electron chi connectivity index (χ3n) is 7.66. The first-order chi connectivity index (χ1) is 19.1. The van der Waals surface area contributed by atoms with Crippen molar-refractivity contribution in [1.82, 2.24) is 0 Å². The summed E-state index contributed by atoms with van der Waals surface area (Å²) in [5.74, 6) is -1.89. The molecule has 0 aromatic rings. The van der Waals surface area contributed by atoms with Crippen LogP contribution in [0.1, 0.15) is 174 Å². The fourth-order valence-electron chi connectivity index (χ4n) is 5.18. The molecule has 0 aliphatic carbocycles. The number of aliphatic carboxylic acids is 1. The van der Waals surface area contributed by atoms with Crippen LogP contribution >= 0.6 is 0 Å². The van der Waals surface area contributed by atoms with Gasteiger partial charge in [-0.3, -0.25) is 9.59 Å². The first-order valence-corrected chi connectivity index (χ1v) is 16.8. The summed E-state index contributed by atoms with van der Waals surface area (Å²) in [4.78, 5) is 23.0. The molecule has 1 N–H and O–H groups in total. The third-order valence-corrected chi connectivity index (χ3v) is 7.66. The largest absolute Gasteiger partial charge is 0.481 e. The van der Waals surface area contributed by atoms with E-state index in [2.05, 4.69) is 25.7 Å². The number of hydrogen-bond acceptors (Lipinski definition) is 3. The van der Waals surface area contributed by atoms with E-state index in [4.69, 9.17) is 9.84 Å². The number of carboxylic acid groups (broad SMARTS) is 1. The molecule has 1 atom stereocenters. The SMILES string of the molecule is C=CCOC(=O)C(CCCCCCCCCCCCC/C=C/CCCCCCCCCCCCC)CC(=O)O. The molecule has 0 bridgehead atoms. The smallest absolute Gasteiger partial charge is 0.309 e. The maximum Gasteiger partial charge on any atom is 0.309 e. The lowest BCUT2D eigenvalue weighted by Crippen LogP contribution is -2.21. The van der Waals surface area contributed by atoms with E-state index in [1.54, 1.807) is 0 Å². The first kappa shape index (κ1) is 37.4. The van der Waals surface area contributed by atoms with E-state index < -0.39 is 17.9 Å². The second kappa shape index (κ2) is 31.0. The maximum absolute atomic E-state index is 12.0. The Hall–Kier alpha value is -1.58. The lowest BCUT2D eigenvalue weighted by molar-refractivity contribution is -0.152. The van der Waals surface area contributed by atoms with E-state index in [1.807, 2.05) is 0 Å². The number of hydrogen-bond donors (Lipinski definition) is 1. The third kappa shape index (κ3) is 29.2. The lowest BCUT2D eigenvalue weighted by Gasteiger charge is -2.13. The molecule has 4 nitrogen and oxygen atoms in total. The van der Waals surface area contributed by atoms with Crippen molar-refractivity contribution in [3.05, 3.63) is 24.8 Å². The molecule has 0 aliphatic heterocycles. The van der Waals surface area contributed by atoms with E-state index in [-0.39, 0.29) is 13.0 Å². The monoisotopic (exact) mass is 548 g/mol. The van der Waals surface area contributed by atoms with Gasteiger partial charge in [-0.15, -0.1) is 0 Å². The van der Waals surface area contributed by atoms with Crippen LogP contribution in [0.15, 0.2) is 24.8 Å². The standard InChI is InChI=1S/C35H64O4/c1-3-5-6-7-8-9-10-11-12-13-14-15-16-17-18-19-20-21-22-23-24-25-26-27-28-29-30-33(32-34(36)37)35(38)39-31-4-2/h4,16-17,33H,2-3,5-15,18-32H2,1H3,(H,36,37)/b17-16+. The number of allylic oxidation sites excluding steroid dienone is 2. The topological polar surface area (TPSA) is 63.6 Å². The number of carbonyl (C=O) groups excluding carboxylic acids is 1. The predicted octanol–water partition coefficient (Wildman–Crippen LogP) is 11.1. The summed E-state index contributed by atoms with van der Waals surface area (Å²) in [6.07, 6.45) is 38.6. The summed E-state index contributed by atoms with van der Waals surface area (Å²) >= 11 is 0. The van der Waals surface area contributed by atoms with E-state index in [0.717, 1.165) is 19.3 Å². The molecule has 0 aliphatic rings. The fraction of sp³-hybridized carbons (Fsp3) is 0.829. The Morgan fingerprint density at radius 2 is 1.03 bits per heavy atom. The molecule has 4 heteroatoms. The molecule has 0 rings (SSSR count). The van der Waals surface area contributed by atoms with Gasteiger partial charge in [-0.1, -0.05) is 160 Å². The Morgan fingerprint density at radius 3 is 1.41 bits per heavy atom. The minimum absolute atomic E-state index is 0.144. The summed E-state index contributed by atoms with van der Waals surface area (Å²) in [5, 5.41) is 9.02. The summed E-state index contributed by atoms with van der Waals surface area (Å²) in [6, 6.07) is 0. The number of ether oxygens (including phenoxy) is 1. The first-order valence-electron chi connectivity index (χ1n) is 16.8. The number of unbranched alkanes of at least 4 members (excludes halogenated alkanes) is 22. The van der Waals surface area contributed by atoms with E-state index in [9.17, 15) is 9.59 Å². The average molecular weight is 549 g/mol. The molecule has 1 unspecified atom stereocenters. The predicted molar refractivity (Wildman–Crippen MR) is 167 cm³/mol. The van der Waals surface area contributed by atoms with E-state index in [0.29, 0.717) is 6.42 Å². The normalized spacial score (nSPS) is 12.1. The van der Waals surface area contributed by atoms with Crippen LogP contribution in [0.4, 0.5) is 0 Å². The van der Waals surface area contributed by atoms with Crippen molar-refractivity contribution in [2.45, 2.75) is 174 Å². The van der Waals surface area contributed by atoms with E-state index in [1.165, 1.54) is 141 Å². The van der Waals surface area contributed by atoms with Crippen molar-refractivity contribution >= 4 is 11.9 Å². The highest BCUT2D eigenvalue weighted by Crippen LogP contribution is 2.18. The summed E-state index contributed by atoms with van der Waals surface area (Å²) in [6.45, 7) is 5.95. The molecule has 0 saturated heterocycles. The summed E-state index contributed by atoms with van der Waals surface area (Å²) < 4.78 is 5.04. The Balaban J connectivity index is 3.37. The van der Waals surface area contributed by atoms with Crippen LogP contribution in [0, 0.1) is 5.92 Å². The van der Waals surface area contributed by atoms with E-state index >= 15 is 0 Å². The van der Waals surface area contributed by atoms with Crippen LogP contribution in [-0.2, 0) is 14.3 Å². The van der Waals surface area contributed by atoms with Crippen molar-refractivity contribution in [3.63, 3.8) is 0 Å². The molecule has 0 fully saturated rings. The molecular formula is C35H64O4. The number of rotatable bonds is 31. The zero-order chi connectivity index (χ0) is 28.7. The van der Waals surface area contributed by atoms with Gasteiger partial charge >= 0.3 is 11.9 Å². The molecule has 0 amide bonds. The molecule has 0 heterocycles. The minimum Gasteiger partial charge on any atom is -0.481 e. The highest BCUT2D eigenvalue weighted by molar-refractivity contribution is 5.79. The molecule has 228 valence electrons. The maximum atomic E-state index is 12.0. The van der Waals surface area contributed by atoms with Crippen molar-refractivity contribution in [3.8, 4) is 0 Å². The van der Waals surface area contributed by atoms with Crippen LogP contribution in [0.3, 0.4) is 0 Å². The molecule has 0 aromatic heterocycles. The molecule has 0 saturated carbocycles. The quantitative estimate of drug-likeness (QED) is 0.0531. The fourth-order valence-corrected chi connectivity index (χ4v) is 5.18. The van der Waals surface area contributed by atoms with Crippen molar-refractivity contribution in [2.75, 3.05) is 6.61 Å². The average Bonchev–Trinajstić information content (AvgIpc) is 2.92. The molecule has 0 spiro atoms. The summed E-state index contributed by atoms with van der Waals surface area (Å²) in [5.41, 5.74) is 0. The van der Waals surface area contributed by atoms with Gasteiger partial charge in [0, 0.05) is 0 Å².